The van der Waals surface area contributed by atoms with E-state index < -0.39 is 16.0 Å². The Morgan fingerprint density at radius 1 is 1.33 bits per heavy atom. The third-order valence-electron chi connectivity index (χ3n) is 3.38. The largest absolute Gasteiger partial charge is 0.465 e. The van der Waals surface area contributed by atoms with Crippen LogP contribution < -0.4 is 0 Å². The fourth-order valence-corrected chi connectivity index (χ4v) is 4.29. The van der Waals surface area contributed by atoms with Gasteiger partial charge in [-0.2, -0.15) is 4.31 Å². The van der Waals surface area contributed by atoms with Gasteiger partial charge in [-0.05, 0) is 30.9 Å². The molecule has 1 fully saturated rings. The number of hydrogen-bond acceptors (Lipinski definition) is 4. The molecule has 2 rings (SSSR count). The maximum Gasteiger partial charge on any atom is 0.339 e. The van der Waals surface area contributed by atoms with Gasteiger partial charge in [0.15, 0.2) is 0 Å². The van der Waals surface area contributed by atoms with Crippen molar-refractivity contribution in [2.75, 3.05) is 13.7 Å². The lowest BCUT2D eigenvalue weighted by Crippen LogP contribution is -2.36. The summed E-state index contributed by atoms with van der Waals surface area (Å²) in [5.74, 6) is -0.403. The fraction of sp³-hybridized carbons (Fsp3) is 0.533. The molecule has 0 saturated heterocycles. The molecule has 21 heavy (non-hydrogen) atoms. The van der Waals surface area contributed by atoms with Crippen molar-refractivity contribution in [3.63, 3.8) is 0 Å². The first kappa shape index (κ1) is 16.0. The number of nitrogens with zero attached hydrogens (tertiary/aromatic N) is 1. The molecule has 0 aromatic heterocycles. The van der Waals surface area contributed by atoms with Crippen LogP contribution in [0.15, 0.2) is 29.2 Å². The van der Waals surface area contributed by atoms with Gasteiger partial charge in [0.2, 0.25) is 10.0 Å². The maximum atomic E-state index is 12.9. The summed E-state index contributed by atoms with van der Waals surface area (Å²) in [6, 6.07) is 6.27. The lowest BCUT2D eigenvalue weighted by molar-refractivity contribution is 0.0596. The highest BCUT2D eigenvalue weighted by Gasteiger charge is 2.39. The molecule has 1 saturated carbocycles. The highest BCUT2D eigenvalue weighted by molar-refractivity contribution is 7.89. The van der Waals surface area contributed by atoms with Crippen LogP contribution in [0.5, 0.6) is 0 Å². The van der Waals surface area contributed by atoms with E-state index in [9.17, 15) is 13.2 Å². The summed E-state index contributed by atoms with van der Waals surface area (Å²) < 4.78 is 32.0. The first-order valence-corrected chi connectivity index (χ1v) is 8.51. The molecule has 0 radical (unpaired) electrons. The minimum Gasteiger partial charge on any atom is -0.465 e. The number of methoxy groups -OCH3 is 1. The molecule has 5 nitrogen and oxygen atoms in total. The Balaban J connectivity index is 2.45. The summed E-state index contributed by atoms with van der Waals surface area (Å²) in [7, 11) is -2.44. The van der Waals surface area contributed by atoms with E-state index in [1.54, 1.807) is 12.1 Å². The van der Waals surface area contributed by atoms with Crippen LogP contribution in [-0.2, 0) is 14.8 Å². The van der Waals surface area contributed by atoms with Crippen molar-refractivity contribution in [2.24, 2.45) is 5.92 Å². The quantitative estimate of drug-likeness (QED) is 0.756. The first-order chi connectivity index (χ1) is 9.87. The molecule has 116 valence electrons. The van der Waals surface area contributed by atoms with Crippen molar-refractivity contribution in [3.8, 4) is 0 Å². The monoisotopic (exact) mass is 311 g/mol. The van der Waals surface area contributed by atoms with Gasteiger partial charge in [-0.1, -0.05) is 26.0 Å². The number of hydrogen-bond donors (Lipinski definition) is 0. The summed E-state index contributed by atoms with van der Waals surface area (Å²) in [5, 5.41) is 0. The standard InChI is InChI=1S/C15H21NO4S/c1-11(2)10-16(12-8-9-12)21(18,19)14-7-5-4-6-13(14)15(17)20-3/h4-7,11-12H,8-10H2,1-3H3. The van der Waals surface area contributed by atoms with Crippen LogP contribution in [0.25, 0.3) is 0 Å². The number of rotatable bonds is 6. The SMILES string of the molecule is COC(=O)c1ccccc1S(=O)(=O)N(CC(C)C)C1CC1. The number of esters is 1. The molecule has 1 aromatic carbocycles. The van der Waals surface area contributed by atoms with Crippen molar-refractivity contribution in [1.29, 1.82) is 0 Å². The molecule has 6 heteroatoms. The van der Waals surface area contributed by atoms with Gasteiger partial charge >= 0.3 is 5.97 Å². The Bertz CT molecular complexity index is 620. The summed E-state index contributed by atoms with van der Waals surface area (Å²) in [5.41, 5.74) is 0.0920. The molecule has 0 heterocycles. The Morgan fingerprint density at radius 2 is 1.95 bits per heavy atom. The van der Waals surface area contributed by atoms with E-state index in [4.69, 9.17) is 0 Å². The fourth-order valence-electron chi connectivity index (χ4n) is 2.26. The van der Waals surface area contributed by atoms with Crippen LogP contribution in [0.1, 0.15) is 37.0 Å². The van der Waals surface area contributed by atoms with E-state index >= 15 is 0 Å². The van der Waals surface area contributed by atoms with Crippen molar-refractivity contribution < 1.29 is 17.9 Å². The van der Waals surface area contributed by atoms with E-state index in [0.29, 0.717) is 6.54 Å². The third-order valence-corrected chi connectivity index (χ3v) is 5.35. The van der Waals surface area contributed by atoms with Crippen LogP contribution in [0.4, 0.5) is 0 Å². The van der Waals surface area contributed by atoms with Gasteiger partial charge in [-0.25, -0.2) is 13.2 Å². The molecule has 0 atom stereocenters. The summed E-state index contributed by atoms with van der Waals surface area (Å²) in [6.07, 6.45) is 1.76. The minimum atomic E-state index is -3.69. The van der Waals surface area contributed by atoms with Gasteiger partial charge in [0.05, 0.1) is 17.6 Å². The summed E-state index contributed by atoms with van der Waals surface area (Å²) >= 11 is 0. The topological polar surface area (TPSA) is 63.7 Å². The van der Waals surface area contributed by atoms with E-state index in [1.165, 1.54) is 23.5 Å². The van der Waals surface area contributed by atoms with Crippen molar-refractivity contribution in [3.05, 3.63) is 29.8 Å². The second-order valence-corrected chi connectivity index (χ2v) is 7.55. The second-order valence-electron chi connectivity index (χ2n) is 5.69. The molecular formula is C15H21NO4S. The molecule has 0 N–H and O–H groups in total. The van der Waals surface area contributed by atoms with E-state index in [2.05, 4.69) is 4.74 Å². The van der Waals surface area contributed by atoms with Gasteiger partial charge in [-0.3, -0.25) is 0 Å². The molecule has 0 bridgehead atoms. The normalized spacial score (nSPS) is 15.5. The summed E-state index contributed by atoms with van der Waals surface area (Å²) in [4.78, 5) is 11.8. The van der Waals surface area contributed by atoms with E-state index in [0.717, 1.165) is 12.8 Å². The number of sulfonamides is 1. The van der Waals surface area contributed by atoms with Crippen LogP contribution in [0.3, 0.4) is 0 Å². The van der Waals surface area contributed by atoms with Crippen LogP contribution >= 0.6 is 0 Å². The predicted octanol–water partition coefficient (Wildman–Crippen LogP) is 2.28. The first-order valence-electron chi connectivity index (χ1n) is 7.07. The van der Waals surface area contributed by atoms with Gasteiger partial charge < -0.3 is 4.74 Å². The van der Waals surface area contributed by atoms with Gasteiger partial charge in [0, 0.05) is 12.6 Å². The number of benzene rings is 1. The van der Waals surface area contributed by atoms with E-state index in [1.807, 2.05) is 13.8 Å². The maximum absolute atomic E-state index is 12.9. The van der Waals surface area contributed by atoms with Crippen LogP contribution in [0.2, 0.25) is 0 Å². The predicted molar refractivity (Wildman–Crippen MR) is 79.5 cm³/mol. The molecule has 1 aliphatic carbocycles. The zero-order valence-corrected chi connectivity index (χ0v) is 13.4. The number of carbonyl (C=O) groups excluding carboxylic acids is 1. The van der Waals surface area contributed by atoms with Crippen molar-refractivity contribution in [1.82, 2.24) is 4.31 Å². The highest BCUT2D eigenvalue weighted by Crippen LogP contribution is 2.33. The van der Waals surface area contributed by atoms with Crippen molar-refractivity contribution >= 4 is 16.0 Å². The zero-order valence-electron chi connectivity index (χ0n) is 12.6. The average molecular weight is 311 g/mol. The number of carbonyl (C=O) groups is 1. The van der Waals surface area contributed by atoms with Gasteiger partial charge in [0.1, 0.15) is 0 Å². The van der Waals surface area contributed by atoms with Gasteiger partial charge in [0.25, 0.3) is 0 Å². The molecule has 1 aromatic rings. The third kappa shape index (κ3) is 3.44. The van der Waals surface area contributed by atoms with Gasteiger partial charge in [-0.15, -0.1) is 0 Å². The molecular weight excluding hydrogens is 290 g/mol. The minimum absolute atomic E-state index is 0.0319. The Labute approximate surface area is 126 Å². The molecule has 0 unspecified atom stereocenters. The highest BCUT2D eigenvalue weighted by atomic mass is 32.2. The Kier molecular flexibility index (Phi) is 4.68. The smallest absolute Gasteiger partial charge is 0.339 e. The van der Waals surface area contributed by atoms with Crippen LogP contribution in [0, 0.1) is 5.92 Å². The second kappa shape index (κ2) is 6.15. The summed E-state index contributed by atoms with van der Waals surface area (Å²) in [6.45, 7) is 4.43. The van der Waals surface area contributed by atoms with Crippen molar-refractivity contribution in [2.45, 2.75) is 37.6 Å². The molecule has 1 aliphatic rings. The lowest BCUT2D eigenvalue weighted by Gasteiger charge is -2.24. The zero-order chi connectivity index (χ0) is 15.6. The molecule has 0 aliphatic heterocycles. The van der Waals surface area contributed by atoms with Crippen LogP contribution in [-0.4, -0.2) is 38.4 Å². The average Bonchev–Trinajstić information content (AvgIpc) is 3.28. The Hall–Kier alpha value is -1.40. The lowest BCUT2D eigenvalue weighted by atomic mass is 10.2. The number of ether oxygens (including phenoxy) is 1. The Morgan fingerprint density at radius 3 is 2.48 bits per heavy atom. The van der Waals surface area contributed by atoms with E-state index in [-0.39, 0.29) is 22.4 Å². The molecule has 0 spiro atoms. The molecule has 0 amide bonds.